The van der Waals surface area contributed by atoms with E-state index >= 15 is 0 Å². The van der Waals surface area contributed by atoms with Crippen molar-refractivity contribution in [2.75, 3.05) is 6.61 Å². The number of hydrogen-bond donors (Lipinski definition) is 1. The minimum atomic E-state index is -0.228. The molecular weight excluding hydrogens is 241 g/mol. The topological polar surface area (TPSA) is 35.2 Å². The van der Waals surface area contributed by atoms with Gasteiger partial charge in [-0.1, -0.05) is 38.3 Å². The summed E-state index contributed by atoms with van der Waals surface area (Å²) in [4.78, 5) is 0. The van der Waals surface area contributed by atoms with Crippen LogP contribution in [-0.4, -0.2) is 12.6 Å². The van der Waals surface area contributed by atoms with Gasteiger partial charge in [0.25, 0.3) is 0 Å². The summed E-state index contributed by atoms with van der Waals surface area (Å²) >= 11 is 0. The van der Waals surface area contributed by atoms with Gasteiger partial charge < -0.3 is 10.5 Å². The van der Waals surface area contributed by atoms with Gasteiger partial charge in [0, 0.05) is 12.6 Å². The Balaban J connectivity index is 1.94. The Morgan fingerprint density at radius 2 is 2.21 bits per heavy atom. The first-order valence-electron chi connectivity index (χ1n) is 7.33. The zero-order valence-electron chi connectivity index (χ0n) is 11.6. The summed E-state index contributed by atoms with van der Waals surface area (Å²) in [6.07, 6.45) is 5.74. The van der Waals surface area contributed by atoms with Crippen LogP contribution in [0, 0.1) is 11.7 Å². The molecule has 2 N–H and O–H groups in total. The molecule has 1 aliphatic rings. The summed E-state index contributed by atoms with van der Waals surface area (Å²) in [5.41, 5.74) is 6.97. The van der Waals surface area contributed by atoms with E-state index in [1.165, 1.54) is 31.4 Å². The van der Waals surface area contributed by atoms with Crippen molar-refractivity contribution in [3.63, 3.8) is 0 Å². The zero-order valence-corrected chi connectivity index (χ0v) is 11.6. The molecule has 106 valence electrons. The van der Waals surface area contributed by atoms with Crippen LogP contribution in [-0.2, 0) is 4.74 Å². The maximum absolute atomic E-state index is 13.3. The van der Waals surface area contributed by atoms with E-state index in [4.69, 9.17) is 10.5 Å². The van der Waals surface area contributed by atoms with Gasteiger partial charge in [-0.05, 0) is 36.5 Å². The van der Waals surface area contributed by atoms with Crippen molar-refractivity contribution in [2.45, 2.75) is 51.2 Å². The van der Waals surface area contributed by atoms with Crippen LogP contribution in [0.5, 0.6) is 0 Å². The summed E-state index contributed by atoms with van der Waals surface area (Å²) in [7, 11) is 0. The van der Waals surface area contributed by atoms with E-state index in [0.717, 1.165) is 30.9 Å². The lowest BCUT2D eigenvalue weighted by atomic mass is 9.83. The summed E-state index contributed by atoms with van der Waals surface area (Å²) in [5, 5.41) is 0. The molecule has 1 aromatic rings. The molecule has 19 heavy (non-hydrogen) atoms. The van der Waals surface area contributed by atoms with Crippen molar-refractivity contribution in [1.29, 1.82) is 0 Å². The number of ether oxygens (including phenoxy) is 1. The third-order valence-corrected chi connectivity index (χ3v) is 4.09. The lowest BCUT2D eigenvalue weighted by Crippen LogP contribution is -2.30. The Hall–Kier alpha value is -0.930. The Morgan fingerprint density at radius 3 is 2.79 bits per heavy atom. The van der Waals surface area contributed by atoms with Crippen molar-refractivity contribution in [3.05, 3.63) is 35.6 Å². The highest BCUT2D eigenvalue weighted by Gasteiger charge is 2.22. The van der Waals surface area contributed by atoms with Gasteiger partial charge in [0.15, 0.2) is 0 Å². The molecular formula is C16H24FNO. The predicted molar refractivity (Wildman–Crippen MR) is 75.3 cm³/mol. The Bertz CT molecular complexity index is 392. The fraction of sp³-hybridized carbons (Fsp3) is 0.625. The maximum Gasteiger partial charge on any atom is 0.123 e. The van der Waals surface area contributed by atoms with Crippen LogP contribution in [0.4, 0.5) is 4.39 Å². The smallest absolute Gasteiger partial charge is 0.123 e. The van der Waals surface area contributed by atoms with Gasteiger partial charge in [-0.25, -0.2) is 4.39 Å². The molecule has 1 fully saturated rings. The minimum absolute atomic E-state index is 0.0804. The quantitative estimate of drug-likeness (QED) is 0.813. The van der Waals surface area contributed by atoms with Gasteiger partial charge in [-0.15, -0.1) is 0 Å². The molecule has 1 aromatic carbocycles. The third kappa shape index (κ3) is 4.02. The average Bonchev–Trinajstić information content (AvgIpc) is 2.36. The number of benzene rings is 1. The largest absolute Gasteiger partial charge is 0.372 e. The van der Waals surface area contributed by atoms with E-state index in [1.54, 1.807) is 6.07 Å². The second kappa shape index (κ2) is 7.01. The number of hydrogen-bond acceptors (Lipinski definition) is 2. The Kier molecular flexibility index (Phi) is 5.34. The molecule has 2 nitrogen and oxygen atoms in total. The summed E-state index contributed by atoms with van der Waals surface area (Å²) in [6, 6.07) is 6.51. The lowest BCUT2D eigenvalue weighted by Gasteiger charge is -2.28. The molecule has 0 heterocycles. The van der Waals surface area contributed by atoms with E-state index < -0.39 is 0 Å². The van der Waals surface area contributed by atoms with Crippen molar-refractivity contribution in [2.24, 2.45) is 11.7 Å². The molecule has 2 unspecified atom stereocenters. The van der Waals surface area contributed by atoms with Gasteiger partial charge in [0.1, 0.15) is 5.82 Å². The van der Waals surface area contributed by atoms with Crippen LogP contribution in [0.2, 0.25) is 0 Å². The molecule has 1 saturated carbocycles. The summed E-state index contributed by atoms with van der Waals surface area (Å²) in [5.74, 6) is 0.597. The summed E-state index contributed by atoms with van der Waals surface area (Å²) < 4.78 is 19.3. The fourth-order valence-corrected chi connectivity index (χ4v) is 2.51. The molecule has 0 saturated heterocycles. The molecule has 0 bridgehead atoms. The Labute approximate surface area is 115 Å². The van der Waals surface area contributed by atoms with Crippen molar-refractivity contribution in [1.82, 2.24) is 0 Å². The second-order valence-electron chi connectivity index (χ2n) is 5.50. The monoisotopic (exact) mass is 265 g/mol. The van der Waals surface area contributed by atoms with Crippen molar-refractivity contribution in [3.8, 4) is 0 Å². The average molecular weight is 265 g/mol. The minimum Gasteiger partial charge on any atom is -0.372 e. The standard InChI is InChI=1S/C16H24FNO/c1-2-15(18)16(13-7-4-8-14(17)11-13)19-10-9-12-5-3-6-12/h4,7-8,11-12,15-16H,2-3,5-6,9-10,18H2,1H3. The molecule has 0 aliphatic heterocycles. The molecule has 1 aliphatic carbocycles. The van der Waals surface area contributed by atoms with Crippen molar-refractivity contribution >= 4 is 0 Å². The van der Waals surface area contributed by atoms with Crippen LogP contribution in [0.3, 0.4) is 0 Å². The summed E-state index contributed by atoms with van der Waals surface area (Å²) in [6.45, 7) is 2.76. The molecule has 2 atom stereocenters. The molecule has 2 rings (SSSR count). The number of halogens is 1. The molecule has 0 radical (unpaired) electrons. The Morgan fingerprint density at radius 1 is 1.42 bits per heavy atom. The molecule has 0 aromatic heterocycles. The van der Waals surface area contributed by atoms with Crippen LogP contribution >= 0.6 is 0 Å². The zero-order chi connectivity index (χ0) is 13.7. The first kappa shape index (κ1) is 14.5. The first-order valence-corrected chi connectivity index (χ1v) is 7.33. The van der Waals surface area contributed by atoms with Crippen molar-refractivity contribution < 1.29 is 9.13 Å². The highest BCUT2D eigenvalue weighted by atomic mass is 19.1. The SMILES string of the molecule is CCC(N)C(OCCC1CCC1)c1cccc(F)c1. The van der Waals surface area contributed by atoms with Gasteiger partial charge in [-0.2, -0.15) is 0 Å². The van der Waals surface area contributed by atoms with Crippen LogP contribution in [0.25, 0.3) is 0 Å². The van der Waals surface area contributed by atoms with Crippen LogP contribution in [0.1, 0.15) is 50.7 Å². The molecule has 0 amide bonds. The van der Waals surface area contributed by atoms with Gasteiger partial charge >= 0.3 is 0 Å². The highest BCUT2D eigenvalue weighted by molar-refractivity contribution is 5.20. The van der Waals surface area contributed by atoms with Crippen LogP contribution < -0.4 is 5.73 Å². The molecule has 0 spiro atoms. The van der Waals surface area contributed by atoms with E-state index in [2.05, 4.69) is 0 Å². The third-order valence-electron chi connectivity index (χ3n) is 4.09. The van der Waals surface area contributed by atoms with Gasteiger partial charge in [-0.3, -0.25) is 0 Å². The van der Waals surface area contributed by atoms with E-state index in [9.17, 15) is 4.39 Å². The van der Waals surface area contributed by atoms with Crippen LogP contribution in [0.15, 0.2) is 24.3 Å². The highest BCUT2D eigenvalue weighted by Crippen LogP contribution is 2.30. The first-order chi connectivity index (χ1) is 9.20. The maximum atomic E-state index is 13.3. The van der Waals surface area contributed by atoms with Gasteiger partial charge in [0.05, 0.1) is 6.10 Å². The van der Waals surface area contributed by atoms with Gasteiger partial charge in [0.2, 0.25) is 0 Å². The second-order valence-corrected chi connectivity index (χ2v) is 5.50. The van der Waals surface area contributed by atoms with E-state index in [0.29, 0.717) is 0 Å². The number of nitrogens with two attached hydrogens (primary N) is 1. The van der Waals surface area contributed by atoms with E-state index in [1.807, 2.05) is 13.0 Å². The predicted octanol–water partition coefficient (Wildman–Crippen LogP) is 3.81. The molecule has 3 heteroatoms. The fourth-order valence-electron chi connectivity index (χ4n) is 2.51. The van der Waals surface area contributed by atoms with E-state index in [-0.39, 0.29) is 18.0 Å². The lowest BCUT2D eigenvalue weighted by molar-refractivity contribution is 0.0201. The normalized spacial score (nSPS) is 18.9. The number of rotatable bonds is 7.